The Morgan fingerprint density at radius 2 is 1.81 bits per heavy atom. The number of carbonyl (C=O) groups excluding carboxylic acids is 3. The number of likely N-dealkylation sites (N-methyl/N-ethyl adjacent to an activating group) is 1. The van der Waals surface area contributed by atoms with Crippen molar-refractivity contribution in [1.29, 1.82) is 0 Å². The van der Waals surface area contributed by atoms with Crippen LogP contribution < -0.4 is 10.6 Å². The highest BCUT2D eigenvalue weighted by Gasteiger charge is 2.33. The molecule has 8 heteroatoms. The third-order valence-corrected chi connectivity index (χ3v) is 4.63. The summed E-state index contributed by atoms with van der Waals surface area (Å²) in [7, 11) is 1.45. The molecule has 2 unspecified atom stereocenters. The van der Waals surface area contributed by atoms with Crippen molar-refractivity contribution < 1.29 is 24.2 Å². The third kappa shape index (κ3) is 8.60. The first-order valence-corrected chi connectivity index (χ1v) is 10.7. The SMILES string of the molecule is C#Cc1ccc(C(C(=O)NCCCCC)N(C)C(=O)C(CO)NC(=O)OC(C)(C)C)cc1. The second kappa shape index (κ2) is 12.7. The van der Waals surface area contributed by atoms with Crippen LogP contribution in [-0.2, 0) is 14.3 Å². The molecule has 32 heavy (non-hydrogen) atoms. The van der Waals surface area contributed by atoms with Crippen molar-refractivity contribution in [3.63, 3.8) is 0 Å². The summed E-state index contributed by atoms with van der Waals surface area (Å²) in [5.41, 5.74) is 0.435. The summed E-state index contributed by atoms with van der Waals surface area (Å²) >= 11 is 0. The Kier molecular flexibility index (Phi) is 10.7. The summed E-state index contributed by atoms with van der Waals surface area (Å²) in [5.74, 6) is 1.52. The third-order valence-electron chi connectivity index (χ3n) is 4.63. The van der Waals surface area contributed by atoms with Crippen molar-refractivity contribution >= 4 is 17.9 Å². The first-order chi connectivity index (χ1) is 15.0. The number of amides is 3. The fourth-order valence-corrected chi connectivity index (χ4v) is 3.00. The van der Waals surface area contributed by atoms with Crippen molar-refractivity contribution in [2.24, 2.45) is 0 Å². The summed E-state index contributed by atoms with van der Waals surface area (Å²) in [6, 6.07) is 4.51. The molecule has 0 aliphatic heterocycles. The van der Waals surface area contributed by atoms with Gasteiger partial charge in [-0.2, -0.15) is 0 Å². The van der Waals surface area contributed by atoms with Crippen LogP contribution in [0.25, 0.3) is 0 Å². The molecule has 1 rings (SSSR count). The minimum atomic E-state index is -1.27. The average molecular weight is 446 g/mol. The van der Waals surface area contributed by atoms with Crippen LogP contribution >= 0.6 is 0 Å². The zero-order valence-corrected chi connectivity index (χ0v) is 19.6. The smallest absolute Gasteiger partial charge is 0.408 e. The van der Waals surface area contributed by atoms with E-state index in [0.717, 1.165) is 19.3 Å². The van der Waals surface area contributed by atoms with Crippen molar-refractivity contribution in [3.8, 4) is 12.3 Å². The number of nitrogens with zero attached hydrogens (tertiary/aromatic N) is 1. The molecule has 0 radical (unpaired) electrons. The van der Waals surface area contributed by atoms with Gasteiger partial charge < -0.3 is 25.4 Å². The number of alkyl carbamates (subject to hydrolysis) is 1. The van der Waals surface area contributed by atoms with Gasteiger partial charge in [-0.15, -0.1) is 6.42 Å². The van der Waals surface area contributed by atoms with Gasteiger partial charge in [-0.1, -0.05) is 37.8 Å². The molecule has 0 aliphatic carbocycles. The molecular formula is C24H35N3O5. The number of terminal acetylenes is 1. The van der Waals surface area contributed by atoms with Crippen LogP contribution in [0.4, 0.5) is 4.79 Å². The van der Waals surface area contributed by atoms with E-state index in [4.69, 9.17) is 11.2 Å². The van der Waals surface area contributed by atoms with Crippen LogP contribution in [0.2, 0.25) is 0 Å². The lowest BCUT2D eigenvalue weighted by Gasteiger charge is -2.31. The van der Waals surface area contributed by atoms with Crippen LogP contribution in [0, 0.1) is 12.3 Å². The Labute approximate surface area is 190 Å². The molecule has 0 bridgehead atoms. The van der Waals surface area contributed by atoms with Crippen molar-refractivity contribution in [2.75, 3.05) is 20.2 Å². The molecule has 0 saturated heterocycles. The molecule has 0 aromatic heterocycles. The molecule has 3 N–H and O–H groups in total. The predicted octanol–water partition coefficient (Wildman–Crippen LogP) is 2.36. The molecule has 1 aromatic rings. The molecule has 3 amide bonds. The van der Waals surface area contributed by atoms with E-state index in [0.29, 0.717) is 17.7 Å². The average Bonchev–Trinajstić information content (AvgIpc) is 2.74. The number of unbranched alkanes of at least 4 members (excludes halogenated alkanes) is 2. The maximum Gasteiger partial charge on any atom is 0.408 e. The van der Waals surface area contributed by atoms with E-state index < -0.39 is 36.3 Å². The highest BCUT2D eigenvalue weighted by molar-refractivity contribution is 5.92. The molecule has 2 atom stereocenters. The molecule has 1 aromatic carbocycles. The van der Waals surface area contributed by atoms with Crippen molar-refractivity contribution in [1.82, 2.24) is 15.5 Å². The van der Waals surface area contributed by atoms with Gasteiger partial charge >= 0.3 is 6.09 Å². The van der Waals surface area contributed by atoms with Crippen molar-refractivity contribution in [3.05, 3.63) is 35.4 Å². The van der Waals surface area contributed by atoms with Gasteiger partial charge in [0.25, 0.3) is 0 Å². The number of benzene rings is 1. The Morgan fingerprint density at radius 3 is 2.31 bits per heavy atom. The van der Waals surface area contributed by atoms with E-state index in [-0.39, 0.29) is 5.91 Å². The first-order valence-electron chi connectivity index (χ1n) is 10.7. The van der Waals surface area contributed by atoms with E-state index >= 15 is 0 Å². The van der Waals surface area contributed by atoms with E-state index in [1.807, 2.05) is 0 Å². The van der Waals surface area contributed by atoms with Gasteiger partial charge in [0.05, 0.1) is 6.61 Å². The topological polar surface area (TPSA) is 108 Å². The fourth-order valence-electron chi connectivity index (χ4n) is 3.00. The molecule has 0 fully saturated rings. The van der Waals surface area contributed by atoms with E-state index in [9.17, 15) is 19.5 Å². The largest absolute Gasteiger partial charge is 0.444 e. The highest BCUT2D eigenvalue weighted by atomic mass is 16.6. The molecular weight excluding hydrogens is 410 g/mol. The lowest BCUT2D eigenvalue weighted by Crippen LogP contribution is -2.53. The molecule has 176 valence electrons. The molecule has 0 aliphatic rings. The zero-order valence-electron chi connectivity index (χ0n) is 19.6. The van der Waals surface area contributed by atoms with Gasteiger partial charge in [0.2, 0.25) is 11.8 Å². The molecule has 8 nitrogen and oxygen atoms in total. The summed E-state index contributed by atoms with van der Waals surface area (Å²) in [6.07, 6.45) is 7.39. The summed E-state index contributed by atoms with van der Waals surface area (Å²) in [4.78, 5) is 39.4. The van der Waals surface area contributed by atoms with Gasteiger partial charge in [0.15, 0.2) is 0 Å². The maximum absolute atomic E-state index is 13.1. The fraction of sp³-hybridized carbons (Fsp3) is 0.542. The minimum absolute atomic E-state index is 0.362. The Hall–Kier alpha value is -3.05. The van der Waals surface area contributed by atoms with Crippen LogP contribution in [0.15, 0.2) is 24.3 Å². The minimum Gasteiger partial charge on any atom is -0.444 e. The number of nitrogens with one attached hydrogen (secondary N) is 2. The van der Waals surface area contributed by atoms with Gasteiger partial charge in [0, 0.05) is 19.2 Å². The van der Waals surface area contributed by atoms with E-state index in [1.165, 1.54) is 11.9 Å². The number of rotatable bonds is 10. The van der Waals surface area contributed by atoms with E-state index in [2.05, 4.69) is 23.5 Å². The zero-order chi connectivity index (χ0) is 24.3. The number of aliphatic hydroxyl groups is 1. The van der Waals surface area contributed by atoms with Gasteiger partial charge in [0.1, 0.15) is 17.7 Å². The number of carbonyl (C=O) groups is 3. The second-order valence-corrected chi connectivity index (χ2v) is 8.50. The lowest BCUT2D eigenvalue weighted by molar-refractivity contribution is -0.141. The van der Waals surface area contributed by atoms with E-state index in [1.54, 1.807) is 45.0 Å². The summed E-state index contributed by atoms with van der Waals surface area (Å²) < 4.78 is 5.16. The number of aliphatic hydroxyl groups excluding tert-OH is 1. The number of hydrogen-bond acceptors (Lipinski definition) is 5. The highest BCUT2D eigenvalue weighted by Crippen LogP contribution is 2.21. The Balaban J connectivity index is 3.09. The van der Waals surface area contributed by atoms with Crippen molar-refractivity contribution in [2.45, 2.75) is 64.6 Å². The van der Waals surface area contributed by atoms with Crippen LogP contribution in [0.1, 0.15) is 64.1 Å². The van der Waals surface area contributed by atoms with Crippen LogP contribution in [-0.4, -0.2) is 59.8 Å². The standard InChI is InChI=1S/C24H35N3O5/c1-7-9-10-15-25-21(29)20(18-13-11-17(8-2)12-14-18)27(6)22(30)19(16-28)26-23(31)32-24(3,4)5/h2,11-14,19-20,28H,7,9-10,15-16H2,1,3-6H3,(H,25,29)(H,26,31). The Bertz CT molecular complexity index is 808. The molecule has 0 heterocycles. The normalized spacial score (nSPS) is 12.8. The summed E-state index contributed by atoms with van der Waals surface area (Å²) in [6.45, 7) is 6.96. The van der Waals surface area contributed by atoms with Gasteiger partial charge in [-0.3, -0.25) is 9.59 Å². The number of ether oxygens (including phenoxy) is 1. The molecule has 0 saturated carbocycles. The van der Waals surface area contributed by atoms with Gasteiger partial charge in [-0.25, -0.2) is 4.79 Å². The molecule has 0 spiro atoms. The van der Waals surface area contributed by atoms with Gasteiger partial charge in [-0.05, 0) is 44.9 Å². The predicted molar refractivity (Wildman–Crippen MR) is 123 cm³/mol. The monoisotopic (exact) mass is 445 g/mol. The lowest BCUT2D eigenvalue weighted by atomic mass is 10.0. The Morgan fingerprint density at radius 1 is 1.19 bits per heavy atom. The van der Waals surface area contributed by atoms with Crippen LogP contribution in [0.5, 0.6) is 0 Å². The maximum atomic E-state index is 13.1. The summed E-state index contributed by atoms with van der Waals surface area (Å²) in [5, 5.41) is 14.9. The quantitative estimate of drug-likeness (QED) is 0.379. The second-order valence-electron chi connectivity index (χ2n) is 8.50. The van der Waals surface area contributed by atoms with Crippen LogP contribution in [0.3, 0.4) is 0 Å². The first kappa shape index (κ1) is 27.0. The number of hydrogen-bond donors (Lipinski definition) is 3.